The van der Waals surface area contributed by atoms with Crippen molar-refractivity contribution >= 4 is 34.9 Å². The molecule has 0 bridgehead atoms. The number of carbonyl (C=O) groups excluding carboxylic acids is 2. The van der Waals surface area contributed by atoms with Crippen molar-refractivity contribution < 1.29 is 19.4 Å². The summed E-state index contributed by atoms with van der Waals surface area (Å²) < 4.78 is 5.27. The van der Waals surface area contributed by atoms with Gasteiger partial charge in [0.2, 0.25) is 0 Å². The molecule has 1 aliphatic heterocycles. The minimum Gasteiger partial charge on any atom is -0.482 e. The van der Waals surface area contributed by atoms with Crippen LogP contribution in [0.2, 0.25) is 5.02 Å². The highest BCUT2D eigenvalue weighted by atomic mass is 35.5. The fourth-order valence-electron chi connectivity index (χ4n) is 1.91. The summed E-state index contributed by atoms with van der Waals surface area (Å²) in [6.07, 6.45) is 0. The number of carbonyl (C=O) groups is 2. The molecule has 0 atom stereocenters. The maximum absolute atomic E-state index is 12.0. The van der Waals surface area contributed by atoms with Crippen LogP contribution in [0.3, 0.4) is 0 Å². The molecular weight excluding hydrogens is 298 g/mol. The second-order valence-corrected chi connectivity index (χ2v) is 4.81. The highest BCUT2D eigenvalue weighted by molar-refractivity contribution is 6.34. The summed E-state index contributed by atoms with van der Waals surface area (Å²) in [7, 11) is 0. The first-order valence-corrected chi connectivity index (χ1v) is 6.86. The Morgan fingerprint density at radius 3 is 3.00 bits per heavy atom. The molecule has 0 saturated carbocycles. The Morgan fingerprint density at radius 2 is 2.33 bits per heavy atom. The summed E-state index contributed by atoms with van der Waals surface area (Å²) >= 11 is 6.09. The van der Waals surface area contributed by atoms with E-state index in [1.54, 1.807) is 6.07 Å². The van der Waals surface area contributed by atoms with Crippen molar-refractivity contribution in [3.05, 3.63) is 17.2 Å². The number of rotatable bonds is 4. The smallest absolute Gasteiger partial charge is 0.321 e. The van der Waals surface area contributed by atoms with Gasteiger partial charge in [0, 0.05) is 19.2 Å². The first kappa shape index (κ1) is 15.4. The van der Waals surface area contributed by atoms with Gasteiger partial charge in [-0.05, 0) is 13.0 Å². The van der Waals surface area contributed by atoms with Gasteiger partial charge in [0.25, 0.3) is 5.91 Å². The Bertz CT molecular complexity index is 565. The summed E-state index contributed by atoms with van der Waals surface area (Å²) in [4.78, 5) is 24.7. The van der Waals surface area contributed by atoms with Crippen molar-refractivity contribution in [1.29, 1.82) is 0 Å². The Kier molecular flexibility index (Phi) is 4.87. The van der Waals surface area contributed by atoms with Gasteiger partial charge in [0.05, 0.1) is 23.0 Å². The van der Waals surface area contributed by atoms with Crippen LogP contribution in [0, 0.1) is 0 Å². The summed E-state index contributed by atoms with van der Waals surface area (Å²) in [5.41, 5.74) is 0.852. The molecule has 0 aromatic heterocycles. The van der Waals surface area contributed by atoms with E-state index in [0.29, 0.717) is 23.7 Å². The number of ether oxygens (including phenoxy) is 1. The molecule has 2 rings (SSSR count). The van der Waals surface area contributed by atoms with Crippen molar-refractivity contribution in [3.8, 4) is 5.75 Å². The number of hydrogen-bond donors (Lipinski definition) is 3. The number of urea groups is 1. The maximum Gasteiger partial charge on any atom is 0.321 e. The van der Waals surface area contributed by atoms with Crippen molar-refractivity contribution in [2.75, 3.05) is 36.9 Å². The monoisotopic (exact) mass is 313 g/mol. The number of aliphatic hydroxyl groups excluding tert-OH is 1. The van der Waals surface area contributed by atoms with Crippen molar-refractivity contribution in [2.24, 2.45) is 0 Å². The van der Waals surface area contributed by atoms with Crippen molar-refractivity contribution in [1.82, 2.24) is 4.90 Å². The molecule has 1 aliphatic rings. The number of nitrogens with zero attached hydrogens (tertiary/aromatic N) is 1. The molecular formula is C13H16ClN3O4. The largest absolute Gasteiger partial charge is 0.482 e. The summed E-state index contributed by atoms with van der Waals surface area (Å²) in [5.74, 6) is 0.190. The average molecular weight is 314 g/mol. The van der Waals surface area contributed by atoms with Crippen LogP contribution in [0.1, 0.15) is 6.92 Å². The van der Waals surface area contributed by atoms with Crippen LogP contribution in [-0.2, 0) is 4.79 Å². The minimum absolute atomic E-state index is 0.0758. The molecule has 1 heterocycles. The third-order valence-electron chi connectivity index (χ3n) is 2.98. The molecule has 0 radical (unpaired) electrons. The van der Waals surface area contributed by atoms with E-state index in [1.807, 2.05) is 6.92 Å². The molecule has 7 nitrogen and oxygen atoms in total. The predicted molar refractivity (Wildman–Crippen MR) is 78.9 cm³/mol. The standard InChI is InChI=1S/C13H16ClN3O4/c1-2-17(3-4-18)13(20)16-9-6-11-10(5-8(9)14)15-12(19)7-21-11/h5-6,18H,2-4,7H2,1H3,(H,15,19)(H,16,20). The Labute approximate surface area is 126 Å². The fourth-order valence-corrected chi connectivity index (χ4v) is 2.13. The zero-order chi connectivity index (χ0) is 15.4. The molecule has 0 spiro atoms. The van der Waals surface area contributed by atoms with E-state index >= 15 is 0 Å². The number of halogens is 1. The molecule has 3 N–H and O–H groups in total. The lowest BCUT2D eigenvalue weighted by molar-refractivity contribution is -0.118. The van der Waals surface area contributed by atoms with E-state index in [0.717, 1.165) is 0 Å². The lowest BCUT2D eigenvalue weighted by atomic mass is 10.2. The molecule has 8 heteroatoms. The van der Waals surface area contributed by atoms with E-state index in [9.17, 15) is 9.59 Å². The Balaban J connectivity index is 2.17. The molecule has 0 saturated heterocycles. The highest BCUT2D eigenvalue weighted by Gasteiger charge is 2.20. The first-order valence-electron chi connectivity index (χ1n) is 6.48. The molecule has 0 aliphatic carbocycles. The van der Waals surface area contributed by atoms with Crippen LogP contribution in [0.25, 0.3) is 0 Å². The van der Waals surface area contributed by atoms with Gasteiger partial charge in [-0.15, -0.1) is 0 Å². The normalized spacial score (nSPS) is 13.0. The zero-order valence-corrected chi connectivity index (χ0v) is 12.2. The molecule has 114 valence electrons. The third kappa shape index (κ3) is 3.56. The van der Waals surface area contributed by atoms with Crippen LogP contribution >= 0.6 is 11.6 Å². The highest BCUT2D eigenvalue weighted by Crippen LogP contribution is 2.36. The van der Waals surface area contributed by atoms with Crippen LogP contribution in [-0.4, -0.2) is 48.2 Å². The second kappa shape index (κ2) is 6.64. The zero-order valence-electron chi connectivity index (χ0n) is 11.5. The van der Waals surface area contributed by atoms with Gasteiger partial charge >= 0.3 is 6.03 Å². The van der Waals surface area contributed by atoms with Crippen LogP contribution in [0.4, 0.5) is 16.2 Å². The third-order valence-corrected chi connectivity index (χ3v) is 3.30. The number of anilines is 2. The number of amides is 3. The number of benzene rings is 1. The van der Waals surface area contributed by atoms with Gasteiger partial charge in [0.1, 0.15) is 5.75 Å². The number of hydrogen-bond acceptors (Lipinski definition) is 4. The SMILES string of the molecule is CCN(CCO)C(=O)Nc1cc2c(cc1Cl)NC(=O)CO2. The molecule has 1 aromatic carbocycles. The fraction of sp³-hybridized carbons (Fsp3) is 0.385. The topological polar surface area (TPSA) is 90.9 Å². The van der Waals surface area contributed by atoms with E-state index in [4.69, 9.17) is 21.4 Å². The lowest BCUT2D eigenvalue weighted by Gasteiger charge is -2.22. The number of likely N-dealkylation sites (N-methyl/N-ethyl adjacent to an activating group) is 1. The Morgan fingerprint density at radius 1 is 1.57 bits per heavy atom. The molecule has 3 amide bonds. The van der Waals surface area contributed by atoms with Gasteiger partial charge in [-0.25, -0.2) is 4.79 Å². The molecule has 0 fully saturated rings. The summed E-state index contributed by atoms with van der Waals surface area (Å²) in [6.45, 7) is 2.31. The number of fused-ring (bicyclic) bond motifs is 1. The number of aliphatic hydroxyl groups is 1. The first-order chi connectivity index (χ1) is 10.0. The molecule has 0 unspecified atom stereocenters. The Hall–Kier alpha value is -1.99. The van der Waals surface area contributed by atoms with Gasteiger partial charge in [-0.1, -0.05) is 11.6 Å². The second-order valence-electron chi connectivity index (χ2n) is 4.40. The van der Waals surface area contributed by atoms with E-state index in [-0.39, 0.29) is 36.7 Å². The summed E-state index contributed by atoms with van der Waals surface area (Å²) in [6, 6.07) is 2.71. The van der Waals surface area contributed by atoms with Gasteiger partial charge in [-0.3, -0.25) is 4.79 Å². The van der Waals surface area contributed by atoms with Gasteiger partial charge in [-0.2, -0.15) is 0 Å². The van der Waals surface area contributed by atoms with E-state index in [2.05, 4.69) is 10.6 Å². The van der Waals surface area contributed by atoms with E-state index in [1.165, 1.54) is 11.0 Å². The lowest BCUT2D eigenvalue weighted by Crippen LogP contribution is -2.37. The molecule has 1 aromatic rings. The van der Waals surface area contributed by atoms with Gasteiger partial charge < -0.3 is 25.4 Å². The van der Waals surface area contributed by atoms with Crippen LogP contribution in [0.15, 0.2) is 12.1 Å². The van der Waals surface area contributed by atoms with Gasteiger partial charge in [0.15, 0.2) is 6.61 Å². The van der Waals surface area contributed by atoms with Crippen LogP contribution in [0.5, 0.6) is 5.75 Å². The van der Waals surface area contributed by atoms with Crippen LogP contribution < -0.4 is 15.4 Å². The minimum atomic E-state index is -0.367. The maximum atomic E-state index is 12.0. The van der Waals surface area contributed by atoms with E-state index < -0.39 is 0 Å². The van der Waals surface area contributed by atoms with Crippen molar-refractivity contribution in [3.63, 3.8) is 0 Å². The van der Waals surface area contributed by atoms with Crippen molar-refractivity contribution in [2.45, 2.75) is 6.92 Å². The summed E-state index contributed by atoms with van der Waals surface area (Å²) in [5, 5.41) is 14.5. The average Bonchev–Trinajstić information content (AvgIpc) is 2.45. The molecule has 21 heavy (non-hydrogen) atoms. The predicted octanol–water partition coefficient (Wildman–Crippen LogP) is 1.52. The quantitative estimate of drug-likeness (QED) is 0.786. The number of nitrogens with one attached hydrogen (secondary N) is 2.